The fourth-order valence-electron chi connectivity index (χ4n) is 3.22. The van der Waals surface area contributed by atoms with Gasteiger partial charge in [-0.25, -0.2) is 15.0 Å². The number of aryl methyl sites for hydroxylation is 3. The third-order valence-corrected chi connectivity index (χ3v) is 4.71. The first kappa shape index (κ1) is 17.4. The number of imidazole rings is 1. The number of rotatable bonds is 6. The van der Waals surface area contributed by atoms with Crippen LogP contribution < -0.4 is 10.2 Å². The van der Waals surface area contributed by atoms with Gasteiger partial charge in [0.05, 0.1) is 6.33 Å². The highest BCUT2D eigenvalue weighted by Gasteiger charge is 2.22. The molecule has 1 atom stereocenters. The van der Waals surface area contributed by atoms with Gasteiger partial charge >= 0.3 is 0 Å². The molecule has 1 amide bonds. The molecular formula is C18H26N6O. The summed E-state index contributed by atoms with van der Waals surface area (Å²) in [4.78, 5) is 27.3. The Morgan fingerprint density at radius 3 is 3.04 bits per heavy atom. The first-order chi connectivity index (χ1) is 12.2. The molecule has 0 aromatic carbocycles. The van der Waals surface area contributed by atoms with Crippen LogP contribution in [-0.2, 0) is 24.7 Å². The number of hydrogen-bond donors (Lipinski definition) is 1. The topological polar surface area (TPSA) is 75.9 Å². The molecule has 0 saturated carbocycles. The molecule has 1 N–H and O–H groups in total. The molecule has 1 saturated heterocycles. The summed E-state index contributed by atoms with van der Waals surface area (Å²) in [6.45, 7) is 3.87. The first-order valence-corrected chi connectivity index (χ1v) is 8.96. The summed E-state index contributed by atoms with van der Waals surface area (Å²) in [6.07, 6.45) is 9.38. The van der Waals surface area contributed by atoms with Gasteiger partial charge in [0, 0.05) is 56.3 Å². The number of anilines is 1. The predicted octanol–water partition coefficient (Wildman–Crippen LogP) is 1.49. The van der Waals surface area contributed by atoms with E-state index < -0.39 is 0 Å². The minimum absolute atomic E-state index is 0.102. The Kier molecular flexibility index (Phi) is 5.63. The van der Waals surface area contributed by atoms with Crippen LogP contribution in [0.3, 0.4) is 0 Å². The maximum Gasteiger partial charge on any atom is 0.220 e. The van der Waals surface area contributed by atoms with E-state index in [0.717, 1.165) is 49.6 Å². The molecule has 2 aromatic heterocycles. The molecule has 25 heavy (non-hydrogen) atoms. The maximum atomic E-state index is 12.3. The highest BCUT2D eigenvalue weighted by Crippen LogP contribution is 2.18. The number of amides is 1. The summed E-state index contributed by atoms with van der Waals surface area (Å²) < 4.78 is 1.95. The van der Waals surface area contributed by atoms with Gasteiger partial charge in [-0.2, -0.15) is 0 Å². The van der Waals surface area contributed by atoms with Gasteiger partial charge < -0.3 is 14.8 Å². The minimum atomic E-state index is 0.102. The standard InChI is InChI=1S/C18H26N6O/c1-3-14-9-17(21-12-20-14)24-8-4-5-15(11-24)22-18(25)7-6-16-10-19-13-23(16)2/h9-10,12-13,15H,3-8,11H2,1-2H3,(H,22,25)/t15-/m0/s1. The zero-order chi connectivity index (χ0) is 17.6. The second-order valence-corrected chi connectivity index (χ2v) is 6.57. The molecule has 0 bridgehead atoms. The molecule has 3 heterocycles. The highest BCUT2D eigenvalue weighted by atomic mass is 16.1. The fourth-order valence-corrected chi connectivity index (χ4v) is 3.22. The molecule has 7 heteroatoms. The normalized spacial score (nSPS) is 17.5. The van der Waals surface area contributed by atoms with Crippen LogP contribution in [-0.4, -0.2) is 44.6 Å². The lowest BCUT2D eigenvalue weighted by atomic mass is 10.1. The van der Waals surface area contributed by atoms with Crippen LogP contribution >= 0.6 is 0 Å². The lowest BCUT2D eigenvalue weighted by Gasteiger charge is -2.34. The Morgan fingerprint density at radius 2 is 2.28 bits per heavy atom. The summed E-state index contributed by atoms with van der Waals surface area (Å²) in [5.41, 5.74) is 2.13. The van der Waals surface area contributed by atoms with E-state index in [1.54, 1.807) is 12.7 Å². The third kappa shape index (κ3) is 4.55. The molecule has 0 radical (unpaired) electrons. The van der Waals surface area contributed by atoms with Crippen LogP contribution in [0.4, 0.5) is 5.82 Å². The van der Waals surface area contributed by atoms with Gasteiger partial charge in [-0.3, -0.25) is 4.79 Å². The van der Waals surface area contributed by atoms with E-state index in [1.165, 1.54) is 0 Å². The van der Waals surface area contributed by atoms with Gasteiger partial charge in [0.2, 0.25) is 5.91 Å². The molecule has 0 spiro atoms. The van der Waals surface area contributed by atoms with Gasteiger partial charge in [-0.05, 0) is 25.7 Å². The van der Waals surface area contributed by atoms with Crippen molar-refractivity contribution in [2.45, 2.75) is 45.1 Å². The summed E-state index contributed by atoms with van der Waals surface area (Å²) in [6, 6.07) is 2.22. The average Bonchev–Trinajstić information content (AvgIpc) is 3.05. The molecule has 7 nitrogen and oxygen atoms in total. The number of nitrogens with one attached hydrogen (secondary N) is 1. The van der Waals surface area contributed by atoms with Crippen molar-refractivity contribution < 1.29 is 4.79 Å². The number of nitrogens with zero attached hydrogens (tertiary/aromatic N) is 5. The van der Waals surface area contributed by atoms with Crippen molar-refractivity contribution in [3.05, 3.63) is 36.3 Å². The van der Waals surface area contributed by atoms with E-state index in [9.17, 15) is 4.79 Å². The zero-order valence-electron chi connectivity index (χ0n) is 15.0. The second-order valence-electron chi connectivity index (χ2n) is 6.57. The molecule has 0 aliphatic carbocycles. The Hall–Kier alpha value is -2.44. The number of aromatic nitrogens is 4. The summed E-state index contributed by atoms with van der Waals surface area (Å²) in [7, 11) is 1.95. The van der Waals surface area contributed by atoms with Crippen molar-refractivity contribution in [1.29, 1.82) is 0 Å². The second kappa shape index (κ2) is 8.09. The van der Waals surface area contributed by atoms with E-state index in [4.69, 9.17) is 0 Å². The predicted molar refractivity (Wildman–Crippen MR) is 96.3 cm³/mol. The van der Waals surface area contributed by atoms with Crippen LogP contribution in [0.25, 0.3) is 0 Å². The lowest BCUT2D eigenvalue weighted by Crippen LogP contribution is -2.48. The lowest BCUT2D eigenvalue weighted by molar-refractivity contribution is -0.121. The molecular weight excluding hydrogens is 316 g/mol. The number of carbonyl (C=O) groups excluding carboxylic acids is 1. The van der Waals surface area contributed by atoms with Gasteiger partial charge in [-0.15, -0.1) is 0 Å². The van der Waals surface area contributed by atoms with Crippen molar-refractivity contribution in [3.8, 4) is 0 Å². The van der Waals surface area contributed by atoms with Gasteiger partial charge in [-0.1, -0.05) is 6.92 Å². The minimum Gasteiger partial charge on any atom is -0.354 e. The molecule has 134 valence electrons. The average molecular weight is 342 g/mol. The van der Waals surface area contributed by atoms with Crippen molar-refractivity contribution in [3.63, 3.8) is 0 Å². The van der Waals surface area contributed by atoms with Gasteiger partial charge in [0.15, 0.2) is 0 Å². The largest absolute Gasteiger partial charge is 0.354 e. The van der Waals surface area contributed by atoms with E-state index in [2.05, 4.69) is 32.1 Å². The van der Waals surface area contributed by atoms with E-state index in [-0.39, 0.29) is 11.9 Å². The smallest absolute Gasteiger partial charge is 0.220 e. The van der Waals surface area contributed by atoms with E-state index in [0.29, 0.717) is 12.8 Å². The Labute approximate surface area is 148 Å². The number of hydrogen-bond acceptors (Lipinski definition) is 5. The van der Waals surface area contributed by atoms with Crippen molar-refractivity contribution in [1.82, 2.24) is 24.8 Å². The number of carbonyl (C=O) groups is 1. The van der Waals surface area contributed by atoms with Crippen molar-refractivity contribution in [2.75, 3.05) is 18.0 Å². The molecule has 1 fully saturated rings. The fraction of sp³-hybridized carbons (Fsp3) is 0.556. The Morgan fingerprint density at radius 1 is 1.40 bits per heavy atom. The maximum absolute atomic E-state index is 12.3. The number of piperidine rings is 1. The van der Waals surface area contributed by atoms with Crippen LogP contribution in [0.15, 0.2) is 24.9 Å². The van der Waals surface area contributed by atoms with E-state index in [1.807, 2.05) is 23.9 Å². The molecule has 0 unspecified atom stereocenters. The van der Waals surface area contributed by atoms with Gasteiger partial charge in [0.1, 0.15) is 12.1 Å². The van der Waals surface area contributed by atoms with Crippen LogP contribution in [0.5, 0.6) is 0 Å². The highest BCUT2D eigenvalue weighted by molar-refractivity contribution is 5.76. The first-order valence-electron chi connectivity index (χ1n) is 8.96. The SMILES string of the molecule is CCc1cc(N2CCC[C@H](NC(=O)CCc3cncn3C)C2)ncn1. The molecule has 1 aliphatic heterocycles. The Balaban J connectivity index is 1.52. The summed E-state index contributed by atoms with van der Waals surface area (Å²) in [5.74, 6) is 1.06. The molecule has 2 aromatic rings. The van der Waals surface area contributed by atoms with Crippen LogP contribution in [0.1, 0.15) is 37.6 Å². The Bertz CT molecular complexity index is 713. The molecule has 1 aliphatic rings. The summed E-state index contributed by atoms with van der Waals surface area (Å²) >= 11 is 0. The van der Waals surface area contributed by atoms with Crippen LogP contribution in [0, 0.1) is 0 Å². The summed E-state index contributed by atoms with van der Waals surface area (Å²) in [5, 5.41) is 3.18. The van der Waals surface area contributed by atoms with Crippen LogP contribution in [0.2, 0.25) is 0 Å². The third-order valence-electron chi connectivity index (χ3n) is 4.71. The molecule has 3 rings (SSSR count). The quantitative estimate of drug-likeness (QED) is 0.861. The van der Waals surface area contributed by atoms with E-state index >= 15 is 0 Å². The van der Waals surface area contributed by atoms with Gasteiger partial charge in [0.25, 0.3) is 0 Å². The van der Waals surface area contributed by atoms with Crippen molar-refractivity contribution >= 4 is 11.7 Å². The zero-order valence-corrected chi connectivity index (χ0v) is 15.0. The monoisotopic (exact) mass is 342 g/mol. The van der Waals surface area contributed by atoms with Crippen molar-refractivity contribution in [2.24, 2.45) is 7.05 Å².